The predicted octanol–water partition coefficient (Wildman–Crippen LogP) is 4.07. The Bertz CT molecular complexity index is 517. The molecule has 2 nitrogen and oxygen atoms in total. The molecule has 0 amide bonds. The molecular weight excluding hydrogens is 308 g/mol. The zero-order valence-corrected chi connectivity index (χ0v) is 13.2. The molecule has 0 fully saturated rings. The smallest absolute Gasteiger partial charge is 0.100 e. The van der Waals surface area contributed by atoms with Gasteiger partial charge in [-0.2, -0.15) is 0 Å². The number of halogens is 1. The third kappa shape index (κ3) is 2.99. The summed E-state index contributed by atoms with van der Waals surface area (Å²) in [5, 5.41) is 6.53. The van der Waals surface area contributed by atoms with Crippen LogP contribution in [0.25, 0.3) is 11.3 Å². The van der Waals surface area contributed by atoms with Crippen molar-refractivity contribution >= 4 is 27.3 Å². The van der Waals surface area contributed by atoms with Gasteiger partial charge in [-0.05, 0) is 19.2 Å². The van der Waals surface area contributed by atoms with Gasteiger partial charge < -0.3 is 5.32 Å². The van der Waals surface area contributed by atoms with E-state index in [1.54, 1.807) is 11.3 Å². The minimum Gasteiger partial charge on any atom is -0.319 e. The highest BCUT2D eigenvalue weighted by Gasteiger charge is 2.23. The minimum absolute atomic E-state index is 0.0764. The Balaban J connectivity index is 2.28. The standard InChI is InChI=1S/C14H17BrN2S/c1-14(2,9-16-3)13-17-12(8-18-13)10-4-6-11(15)7-5-10/h4-8,16H,9H2,1-3H3. The molecule has 1 heterocycles. The van der Waals surface area contributed by atoms with Crippen LogP contribution in [0.4, 0.5) is 0 Å². The second-order valence-electron chi connectivity index (χ2n) is 4.96. The molecule has 96 valence electrons. The normalized spacial score (nSPS) is 11.8. The Morgan fingerprint density at radius 2 is 1.94 bits per heavy atom. The fraction of sp³-hybridized carbons (Fsp3) is 0.357. The van der Waals surface area contributed by atoms with Gasteiger partial charge in [0, 0.05) is 27.4 Å². The molecule has 1 N–H and O–H groups in total. The van der Waals surface area contributed by atoms with E-state index in [1.165, 1.54) is 10.6 Å². The number of nitrogens with zero attached hydrogens (tertiary/aromatic N) is 1. The lowest BCUT2D eigenvalue weighted by atomic mass is 9.94. The van der Waals surface area contributed by atoms with Gasteiger partial charge in [-0.3, -0.25) is 0 Å². The van der Waals surface area contributed by atoms with Crippen LogP contribution in [0.5, 0.6) is 0 Å². The van der Waals surface area contributed by atoms with Crippen molar-refractivity contribution in [1.82, 2.24) is 10.3 Å². The summed E-state index contributed by atoms with van der Waals surface area (Å²) in [4.78, 5) is 4.76. The van der Waals surface area contributed by atoms with Gasteiger partial charge in [-0.1, -0.05) is 41.9 Å². The van der Waals surface area contributed by atoms with Crippen LogP contribution in [-0.2, 0) is 5.41 Å². The maximum Gasteiger partial charge on any atom is 0.100 e. The molecule has 2 rings (SSSR count). The summed E-state index contributed by atoms with van der Waals surface area (Å²) in [7, 11) is 1.98. The zero-order chi connectivity index (χ0) is 13.2. The molecule has 0 aliphatic carbocycles. The molecular formula is C14H17BrN2S. The second-order valence-corrected chi connectivity index (χ2v) is 6.73. The Labute approximate surface area is 121 Å². The van der Waals surface area contributed by atoms with Gasteiger partial charge in [0.15, 0.2) is 0 Å². The van der Waals surface area contributed by atoms with Crippen molar-refractivity contribution < 1.29 is 0 Å². The number of nitrogens with one attached hydrogen (secondary N) is 1. The Hall–Kier alpha value is -0.710. The number of benzene rings is 1. The highest BCUT2D eigenvalue weighted by atomic mass is 79.9. The molecule has 0 aliphatic heterocycles. The number of rotatable bonds is 4. The summed E-state index contributed by atoms with van der Waals surface area (Å²) < 4.78 is 1.09. The van der Waals surface area contributed by atoms with Crippen LogP contribution in [0, 0.1) is 0 Å². The monoisotopic (exact) mass is 324 g/mol. The van der Waals surface area contributed by atoms with Crippen molar-refractivity contribution in [1.29, 1.82) is 0 Å². The Morgan fingerprint density at radius 1 is 1.28 bits per heavy atom. The molecule has 0 aliphatic rings. The molecule has 1 aromatic carbocycles. The molecule has 0 atom stereocenters. The molecule has 0 spiro atoms. The highest BCUT2D eigenvalue weighted by molar-refractivity contribution is 9.10. The van der Waals surface area contributed by atoms with Gasteiger partial charge in [0.05, 0.1) is 5.69 Å². The fourth-order valence-corrected chi connectivity index (χ4v) is 3.07. The summed E-state index contributed by atoms with van der Waals surface area (Å²) in [5.74, 6) is 0. The Kier molecular flexibility index (Phi) is 4.20. The van der Waals surface area contributed by atoms with Crippen molar-refractivity contribution in [2.24, 2.45) is 0 Å². The van der Waals surface area contributed by atoms with Gasteiger partial charge in [-0.15, -0.1) is 11.3 Å². The molecule has 0 radical (unpaired) electrons. The SMILES string of the molecule is CNCC(C)(C)c1nc(-c2ccc(Br)cc2)cs1. The average Bonchev–Trinajstić information content (AvgIpc) is 2.80. The summed E-state index contributed by atoms with van der Waals surface area (Å²) in [5.41, 5.74) is 2.31. The van der Waals surface area contributed by atoms with E-state index in [1.807, 2.05) is 19.2 Å². The number of aromatic nitrogens is 1. The number of hydrogen-bond donors (Lipinski definition) is 1. The van der Waals surface area contributed by atoms with Crippen molar-refractivity contribution in [2.45, 2.75) is 19.3 Å². The second kappa shape index (κ2) is 5.51. The largest absolute Gasteiger partial charge is 0.319 e. The van der Waals surface area contributed by atoms with Crippen molar-refractivity contribution in [3.8, 4) is 11.3 Å². The molecule has 18 heavy (non-hydrogen) atoms. The molecule has 2 aromatic rings. The predicted molar refractivity (Wildman–Crippen MR) is 82.2 cm³/mol. The van der Waals surface area contributed by atoms with Gasteiger partial charge >= 0.3 is 0 Å². The van der Waals surface area contributed by atoms with E-state index in [0.29, 0.717) is 0 Å². The van der Waals surface area contributed by atoms with Crippen LogP contribution < -0.4 is 5.32 Å². The van der Waals surface area contributed by atoms with E-state index in [2.05, 4.69) is 52.6 Å². The molecule has 0 unspecified atom stereocenters. The number of hydrogen-bond acceptors (Lipinski definition) is 3. The summed E-state index contributed by atoms with van der Waals surface area (Å²) in [6, 6.07) is 8.28. The van der Waals surface area contributed by atoms with Crippen LogP contribution in [-0.4, -0.2) is 18.6 Å². The molecule has 0 bridgehead atoms. The third-order valence-electron chi connectivity index (χ3n) is 2.84. The highest BCUT2D eigenvalue weighted by Crippen LogP contribution is 2.30. The fourth-order valence-electron chi connectivity index (χ4n) is 1.86. The van der Waals surface area contributed by atoms with E-state index >= 15 is 0 Å². The molecule has 0 saturated heterocycles. The molecule has 1 aromatic heterocycles. The first-order valence-corrected chi connectivity index (χ1v) is 7.57. The van der Waals surface area contributed by atoms with E-state index in [-0.39, 0.29) is 5.41 Å². The van der Waals surface area contributed by atoms with Gasteiger partial charge in [0.1, 0.15) is 5.01 Å². The van der Waals surface area contributed by atoms with Crippen LogP contribution >= 0.6 is 27.3 Å². The van der Waals surface area contributed by atoms with Crippen LogP contribution in [0.3, 0.4) is 0 Å². The van der Waals surface area contributed by atoms with E-state index in [0.717, 1.165) is 16.7 Å². The lowest BCUT2D eigenvalue weighted by Crippen LogP contribution is -2.30. The van der Waals surface area contributed by atoms with Gasteiger partial charge in [-0.25, -0.2) is 4.98 Å². The van der Waals surface area contributed by atoms with Gasteiger partial charge in [0.25, 0.3) is 0 Å². The minimum atomic E-state index is 0.0764. The zero-order valence-electron chi connectivity index (χ0n) is 10.8. The quantitative estimate of drug-likeness (QED) is 0.917. The van der Waals surface area contributed by atoms with Crippen LogP contribution in [0.15, 0.2) is 34.1 Å². The Morgan fingerprint density at radius 3 is 2.56 bits per heavy atom. The topological polar surface area (TPSA) is 24.9 Å². The summed E-state index contributed by atoms with van der Waals surface area (Å²) in [6.45, 7) is 5.36. The van der Waals surface area contributed by atoms with E-state index < -0.39 is 0 Å². The van der Waals surface area contributed by atoms with Crippen molar-refractivity contribution in [3.63, 3.8) is 0 Å². The lowest BCUT2D eigenvalue weighted by Gasteiger charge is -2.20. The van der Waals surface area contributed by atoms with E-state index in [9.17, 15) is 0 Å². The maximum atomic E-state index is 4.76. The summed E-state index contributed by atoms with van der Waals surface area (Å²) in [6.07, 6.45) is 0. The first-order chi connectivity index (χ1) is 8.53. The average molecular weight is 325 g/mol. The lowest BCUT2D eigenvalue weighted by molar-refractivity contribution is 0.492. The van der Waals surface area contributed by atoms with Gasteiger partial charge in [0.2, 0.25) is 0 Å². The first kappa shape index (κ1) is 13.7. The first-order valence-electron chi connectivity index (χ1n) is 5.89. The third-order valence-corrected chi connectivity index (χ3v) is 4.58. The number of likely N-dealkylation sites (N-methyl/N-ethyl adjacent to an activating group) is 1. The maximum absolute atomic E-state index is 4.76. The summed E-state index contributed by atoms with van der Waals surface area (Å²) >= 11 is 5.18. The number of thiazole rings is 1. The van der Waals surface area contributed by atoms with E-state index in [4.69, 9.17) is 4.98 Å². The molecule has 0 saturated carbocycles. The van der Waals surface area contributed by atoms with Crippen LogP contribution in [0.1, 0.15) is 18.9 Å². The van der Waals surface area contributed by atoms with Crippen LogP contribution in [0.2, 0.25) is 0 Å². The van der Waals surface area contributed by atoms with Crippen molar-refractivity contribution in [3.05, 3.63) is 39.1 Å². The van der Waals surface area contributed by atoms with Crippen molar-refractivity contribution in [2.75, 3.05) is 13.6 Å². The molecule has 4 heteroatoms.